The monoisotopic (exact) mass is 198 g/mol. The fraction of sp³-hybridized carbons (Fsp3) is 0.833. The molecule has 0 saturated heterocycles. The van der Waals surface area contributed by atoms with Crippen molar-refractivity contribution in [2.24, 2.45) is 5.41 Å². The van der Waals surface area contributed by atoms with Crippen molar-refractivity contribution in [1.82, 2.24) is 0 Å². The van der Waals surface area contributed by atoms with Gasteiger partial charge >= 0.3 is 0 Å². The molecule has 0 aromatic heterocycles. The topological polar surface area (TPSA) is 29.5 Å². The van der Waals surface area contributed by atoms with Crippen molar-refractivity contribution < 1.29 is 9.84 Å². The first kappa shape index (κ1) is 11.7. The molecule has 0 radical (unpaired) electrons. The summed E-state index contributed by atoms with van der Waals surface area (Å²) < 4.78 is 5.92. The van der Waals surface area contributed by atoms with E-state index >= 15 is 0 Å². The predicted molar refractivity (Wildman–Crippen MR) is 58.2 cm³/mol. The summed E-state index contributed by atoms with van der Waals surface area (Å²) in [4.78, 5) is 0. The summed E-state index contributed by atoms with van der Waals surface area (Å²) in [5, 5.41) is 10.2. The maximum Gasteiger partial charge on any atom is 0.120 e. The van der Waals surface area contributed by atoms with Crippen molar-refractivity contribution in [2.75, 3.05) is 0 Å². The third-order valence-corrected chi connectivity index (χ3v) is 3.00. The maximum absolute atomic E-state index is 10.2. The van der Waals surface area contributed by atoms with Crippen molar-refractivity contribution in [3.05, 3.63) is 12.2 Å². The Labute approximate surface area is 87.0 Å². The number of ether oxygens (including phenoxy) is 1. The molecule has 1 aliphatic rings. The molecule has 0 unspecified atom stereocenters. The lowest BCUT2D eigenvalue weighted by molar-refractivity contribution is -0.190. The average Bonchev–Trinajstić information content (AvgIpc) is 2.28. The van der Waals surface area contributed by atoms with E-state index in [4.69, 9.17) is 4.74 Å². The first-order chi connectivity index (χ1) is 6.10. The van der Waals surface area contributed by atoms with Gasteiger partial charge in [0.25, 0.3) is 0 Å². The van der Waals surface area contributed by atoms with E-state index in [1.807, 2.05) is 19.1 Å². The number of rotatable bonds is 1. The van der Waals surface area contributed by atoms with Crippen LogP contribution >= 0.6 is 0 Å². The first-order valence-corrected chi connectivity index (χ1v) is 5.20. The van der Waals surface area contributed by atoms with E-state index in [1.165, 1.54) is 0 Å². The molecule has 0 amide bonds. The molecule has 1 heterocycles. The van der Waals surface area contributed by atoms with Crippen molar-refractivity contribution in [3.8, 4) is 0 Å². The molecule has 0 saturated carbocycles. The Morgan fingerprint density at radius 1 is 1.21 bits per heavy atom. The van der Waals surface area contributed by atoms with Gasteiger partial charge < -0.3 is 9.84 Å². The van der Waals surface area contributed by atoms with Crippen LogP contribution in [-0.2, 0) is 4.74 Å². The zero-order chi connectivity index (χ0) is 11.2. The van der Waals surface area contributed by atoms with Gasteiger partial charge in [-0.15, -0.1) is 0 Å². The van der Waals surface area contributed by atoms with E-state index in [-0.39, 0.29) is 11.5 Å². The van der Waals surface area contributed by atoms with Crippen LogP contribution in [0.15, 0.2) is 12.2 Å². The van der Waals surface area contributed by atoms with Gasteiger partial charge in [0.05, 0.1) is 11.7 Å². The second-order valence-corrected chi connectivity index (χ2v) is 5.73. The molecule has 1 N–H and O–H groups in total. The molecule has 0 aromatic rings. The summed E-state index contributed by atoms with van der Waals surface area (Å²) in [5.41, 5.74) is -1.57. The highest BCUT2D eigenvalue weighted by Crippen LogP contribution is 2.46. The Hall–Kier alpha value is -0.340. The fourth-order valence-corrected chi connectivity index (χ4v) is 2.34. The van der Waals surface area contributed by atoms with Crippen LogP contribution < -0.4 is 0 Å². The highest BCUT2D eigenvalue weighted by Gasteiger charge is 2.54. The second-order valence-electron chi connectivity index (χ2n) is 5.73. The van der Waals surface area contributed by atoms with Crippen LogP contribution in [0.3, 0.4) is 0 Å². The summed E-state index contributed by atoms with van der Waals surface area (Å²) in [5.74, 6) is 0. The Morgan fingerprint density at radius 2 is 1.71 bits per heavy atom. The molecule has 2 nitrogen and oxygen atoms in total. The highest BCUT2D eigenvalue weighted by atomic mass is 16.5. The van der Waals surface area contributed by atoms with Crippen LogP contribution in [0.4, 0.5) is 0 Å². The normalized spacial score (nSPS) is 33.8. The van der Waals surface area contributed by atoms with Crippen LogP contribution in [-0.4, -0.2) is 22.4 Å². The molecule has 2 atom stereocenters. The van der Waals surface area contributed by atoms with Gasteiger partial charge in [-0.3, -0.25) is 0 Å². The van der Waals surface area contributed by atoms with E-state index in [1.54, 1.807) is 13.8 Å². The molecule has 1 aliphatic heterocycles. The first-order valence-electron chi connectivity index (χ1n) is 5.20. The van der Waals surface area contributed by atoms with Crippen molar-refractivity contribution in [3.63, 3.8) is 0 Å². The van der Waals surface area contributed by atoms with Crippen LogP contribution in [0.5, 0.6) is 0 Å². The summed E-state index contributed by atoms with van der Waals surface area (Å²) in [6.45, 7) is 11.9. The zero-order valence-electron chi connectivity index (χ0n) is 10.1. The molecule has 0 fully saturated rings. The average molecular weight is 198 g/mol. The molecule has 2 heteroatoms. The Kier molecular flexibility index (Phi) is 2.58. The van der Waals surface area contributed by atoms with Gasteiger partial charge in [0.2, 0.25) is 0 Å². The quantitative estimate of drug-likeness (QED) is 0.656. The van der Waals surface area contributed by atoms with E-state index in [2.05, 4.69) is 20.8 Å². The minimum Gasteiger partial charge on any atom is -0.387 e. The number of aliphatic hydroxyl groups is 1. The summed E-state index contributed by atoms with van der Waals surface area (Å²) in [6, 6.07) is 0. The van der Waals surface area contributed by atoms with Crippen molar-refractivity contribution in [1.29, 1.82) is 0 Å². The molecule has 0 aromatic carbocycles. The Bertz CT molecular complexity index is 226. The summed E-state index contributed by atoms with van der Waals surface area (Å²) in [6.07, 6.45) is 4.11. The second kappa shape index (κ2) is 3.07. The van der Waals surface area contributed by atoms with Crippen LogP contribution in [0.25, 0.3) is 0 Å². The molecule has 82 valence electrons. The van der Waals surface area contributed by atoms with Gasteiger partial charge in [0.1, 0.15) is 5.60 Å². The van der Waals surface area contributed by atoms with Crippen molar-refractivity contribution >= 4 is 0 Å². The number of hydrogen-bond donors (Lipinski definition) is 1. The lowest BCUT2D eigenvalue weighted by atomic mass is 9.68. The highest BCUT2D eigenvalue weighted by molar-refractivity contribution is 5.21. The molecule has 14 heavy (non-hydrogen) atoms. The van der Waals surface area contributed by atoms with E-state index in [9.17, 15) is 5.11 Å². The van der Waals surface area contributed by atoms with Gasteiger partial charge in [-0.2, -0.15) is 0 Å². The van der Waals surface area contributed by atoms with Gasteiger partial charge in [-0.05, 0) is 26.2 Å². The van der Waals surface area contributed by atoms with Gasteiger partial charge in [0.15, 0.2) is 0 Å². The molecule has 1 rings (SSSR count). The van der Waals surface area contributed by atoms with E-state index < -0.39 is 11.2 Å². The molecular formula is C12H22O2. The lowest BCUT2D eigenvalue weighted by Gasteiger charge is -2.48. The van der Waals surface area contributed by atoms with Gasteiger partial charge in [-0.1, -0.05) is 32.9 Å². The zero-order valence-corrected chi connectivity index (χ0v) is 10.1. The van der Waals surface area contributed by atoms with Crippen LogP contribution in [0.2, 0.25) is 0 Å². The van der Waals surface area contributed by atoms with Crippen LogP contribution in [0, 0.1) is 5.41 Å². The molecule has 0 spiro atoms. The minimum atomic E-state index is -0.869. The Balaban J connectivity index is 3.13. The Morgan fingerprint density at radius 3 is 1.86 bits per heavy atom. The van der Waals surface area contributed by atoms with E-state index in [0.29, 0.717) is 0 Å². The van der Waals surface area contributed by atoms with Gasteiger partial charge in [-0.25, -0.2) is 0 Å². The molecular weight excluding hydrogens is 176 g/mol. The largest absolute Gasteiger partial charge is 0.387 e. The maximum atomic E-state index is 10.2. The minimum absolute atomic E-state index is 0.0839. The summed E-state index contributed by atoms with van der Waals surface area (Å²) in [7, 11) is 0. The predicted octanol–water partition coefficient (Wildman–Crippen LogP) is 2.52. The smallest absolute Gasteiger partial charge is 0.120 e. The molecule has 0 bridgehead atoms. The van der Waals surface area contributed by atoms with E-state index in [0.717, 1.165) is 0 Å². The van der Waals surface area contributed by atoms with Crippen LogP contribution in [0.1, 0.15) is 41.5 Å². The molecule has 0 aliphatic carbocycles. The van der Waals surface area contributed by atoms with Gasteiger partial charge in [0, 0.05) is 0 Å². The summed E-state index contributed by atoms with van der Waals surface area (Å²) >= 11 is 0. The lowest BCUT2D eigenvalue weighted by Crippen LogP contribution is -2.58. The fourth-order valence-electron chi connectivity index (χ4n) is 2.34. The third kappa shape index (κ3) is 1.61. The van der Waals surface area contributed by atoms with Crippen molar-refractivity contribution in [2.45, 2.75) is 58.8 Å². The SMILES string of the molecule is C[C@H]1C=C[C@@](C(C)(C)C)(C(C)(C)O)O1. The third-order valence-electron chi connectivity index (χ3n) is 3.00. The number of hydrogen-bond acceptors (Lipinski definition) is 2. The standard InChI is InChI=1S/C12H22O2/c1-9-7-8-12(14-9,10(2,3)4)11(5,6)13/h7-9,13H,1-6H3/t9-,12+/m0/s1.